The van der Waals surface area contributed by atoms with Gasteiger partial charge < -0.3 is 4.74 Å². The van der Waals surface area contributed by atoms with Crippen LogP contribution in [0.2, 0.25) is 10.0 Å². The molecule has 0 N–H and O–H groups in total. The second-order valence-electron chi connectivity index (χ2n) is 3.81. The molecule has 1 aromatic rings. The topological polar surface area (TPSA) is 43.4 Å². The normalized spacial score (nSPS) is 18.7. The molecule has 100 valence electrons. The molecule has 0 aliphatic carbocycles. The van der Waals surface area contributed by atoms with Gasteiger partial charge in [0, 0.05) is 5.56 Å². The molecule has 2 rings (SSSR count). The number of ketones is 1. The Balaban J connectivity index is 2.14. The number of rotatable bonds is 3. The third-order valence-corrected chi connectivity index (χ3v) is 4.16. The average molecular weight is 340 g/mol. The van der Waals surface area contributed by atoms with Crippen LogP contribution in [0.5, 0.6) is 0 Å². The summed E-state index contributed by atoms with van der Waals surface area (Å²) in [4.78, 5) is 23.2. The van der Waals surface area contributed by atoms with Gasteiger partial charge in [-0.1, -0.05) is 46.4 Å². The predicted octanol–water partition coefficient (Wildman–Crippen LogP) is 4.18. The Kier molecular flexibility index (Phi) is 4.41. The highest BCUT2D eigenvalue weighted by molar-refractivity contribution is 6.48. The molecule has 0 fully saturated rings. The van der Waals surface area contributed by atoms with Crippen molar-refractivity contribution < 1.29 is 14.3 Å². The Hall–Kier alpha value is -0.740. The van der Waals surface area contributed by atoms with Crippen molar-refractivity contribution >= 4 is 58.2 Å². The zero-order valence-electron chi connectivity index (χ0n) is 9.25. The predicted molar refractivity (Wildman–Crippen MR) is 74.0 cm³/mol. The standard InChI is InChI=1S/C12H6Cl4O3/c13-6-2-1-5(3-7(6)14)8(17)4-9-10(15)11(16)12(18)19-9/h1-3,9H,4H2/t9-/m0/s1. The first kappa shape index (κ1) is 14.7. The Morgan fingerprint density at radius 1 is 1.16 bits per heavy atom. The van der Waals surface area contributed by atoms with Gasteiger partial charge in [-0.2, -0.15) is 0 Å². The molecule has 0 aromatic heterocycles. The van der Waals surface area contributed by atoms with Crippen LogP contribution in [0.3, 0.4) is 0 Å². The number of hydrogen-bond donors (Lipinski definition) is 0. The monoisotopic (exact) mass is 338 g/mol. The largest absolute Gasteiger partial charge is 0.452 e. The Bertz CT molecular complexity index is 595. The van der Waals surface area contributed by atoms with Gasteiger partial charge in [0.05, 0.1) is 21.5 Å². The molecular weight excluding hydrogens is 334 g/mol. The van der Waals surface area contributed by atoms with Crippen LogP contribution in [0, 0.1) is 0 Å². The quantitative estimate of drug-likeness (QED) is 0.612. The molecule has 0 radical (unpaired) electrons. The van der Waals surface area contributed by atoms with Crippen LogP contribution in [0.25, 0.3) is 0 Å². The van der Waals surface area contributed by atoms with Crippen LogP contribution in [0.1, 0.15) is 16.8 Å². The fraction of sp³-hybridized carbons (Fsp3) is 0.167. The number of esters is 1. The Morgan fingerprint density at radius 3 is 2.37 bits per heavy atom. The number of cyclic esters (lactones) is 1. The third-order valence-electron chi connectivity index (χ3n) is 2.53. The molecule has 7 heteroatoms. The zero-order chi connectivity index (χ0) is 14.2. The number of carbonyl (C=O) groups is 2. The van der Waals surface area contributed by atoms with Gasteiger partial charge in [0.25, 0.3) is 0 Å². The summed E-state index contributed by atoms with van der Waals surface area (Å²) < 4.78 is 4.88. The first-order valence-electron chi connectivity index (χ1n) is 5.14. The van der Waals surface area contributed by atoms with Gasteiger partial charge in [0.2, 0.25) is 0 Å². The maximum absolute atomic E-state index is 12.0. The molecule has 0 bridgehead atoms. The summed E-state index contributed by atoms with van der Waals surface area (Å²) >= 11 is 23.0. The maximum atomic E-state index is 12.0. The van der Waals surface area contributed by atoms with Crippen molar-refractivity contribution in [2.24, 2.45) is 0 Å². The average Bonchev–Trinajstić information content (AvgIpc) is 2.60. The molecule has 19 heavy (non-hydrogen) atoms. The lowest BCUT2D eigenvalue weighted by Gasteiger charge is -2.09. The van der Waals surface area contributed by atoms with E-state index in [2.05, 4.69) is 0 Å². The van der Waals surface area contributed by atoms with Crippen molar-refractivity contribution in [3.63, 3.8) is 0 Å². The first-order valence-corrected chi connectivity index (χ1v) is 6.65. The molecule has 0 unspecified atom stereocenters. The van der Waals surface area contributed by atoms with E-state index in [1.807, 2.05) is 0 Å². The molecule has 1 atom stereocenters. The summed E-state index contributed by atoms with van der Waals surface area (Å²) in [7, 11) is 0. The number of benzene rings is 1. The first-order chi connectivity index (χ1) is 8.90. The Labute approximate surface area is 129 Å². The summed E-state index contributed by atoms with van der Waals surface area (Å²) in [6.45, 7) is 0. The third kappa shape index (κ3) is 3.06. The van der Waals surface area contributed by atoms with Crippen LogP contribution in [0.4, 0.5) is 0 Å². The highest BCUT2D eigenvalue weighted by Gasteiger charge is 2.33. The minimum atomic E-state index is -0.844. The van der Waals surface area contributed by atoms with Gasteiger partial charge in [0.1, 0.15) is 11.1 Å². The highest BCUT2D eigenvalue weighted by Crippen LogP contribution is 2.31. The summed E-state index contributed by atoms with van der Waals surface area (Å²) in [6.07, 6.45) is -0.942. The highest BCUT2D eigenvalue weighted by atomic mass is 35.5. The van der Waals surface area contributed by atoms with Gasteiger partial charge >= 0.3 is 5.97 Å². The summed E-state index contributed by atoms with van der Waals surface area (Å²) in [5.41, 5.74) is 0.359. The van der Waals surface area contributed by atoms with E-state index in [1.165, 1.54) is 18.2 Å². The van der Waals surface area contributed by atoms with Crippen molar-refractivity contribution in [1.82, 2.24) is 0 Å². The fourth-order valence-corrected chi connectivity index (χ4v) is 2.22. The summed E-state index contributed by atoms with van der Waals surface area (Å²) in [5, 5.41) is 0.482. The van der Waals surface area contributed by atoms with Crippen LogP contribution in [0.15, 0.2) is 28.3 Å². The molecule has 1 heterocycles. The Morgan fingerprint density at radius 2 is 1.84 bits per heavy atom. The van der Waals surface area contributed by atoms with Crippen LogP contribution >= 0.6 is 46.4 Å². The lowest BCUT2D eigenvalue weighted by molar-refractivity contribution is -0.138. The van der Waals surface area contributed by atoms with E-state index in [9.17, 15) is 9.59 Å². The molecule has 3 nitrogen and oxygen atoms in total. The van der Waals surface area contributed by atoms with E-state index in [4.69, 9.17) is 51.1 Å². The number of carbonyl (C=O) groups excluding carboxylic acids is 2. The van der Waals surface area contributed by atoms with E-state index < -0.39 is 12.1 Å². The van der Waals surface area contributed by atoms with Crippen molar-refractivity contribution in [2.75, 3.05) is 0 Å². The van der Waals surface area contributed by atoms with Crippen LogP contribution in [-0.2, 0) is 9.53 Å². The van der Waals surface area contributed by atoms with Crippen molar-refractivity contribution in [3.05, 3.63) is 43.9 Å². The van der Waals surface area contributed by atoms with Gasteiger partial charge in [0.15, 0.2) is 5.78 Å². The van der Waals surface area contributed by atoms with E-state index in [1.54, 1.807) is 0 Å². The van der Waals surface area contributed by atoms with Gasteiger partial charge in [-0.15, -0.1) is 0 Å². The van der Waals surface area contributed by atoms with E-state index in [0.717, 1.165) is 0 Å². The molecule has 1 aliphatic rings. The van der Waals surface area contributed by atoms with E-state index in [-0.39, 0.29) is 27.3 Å². The molecule has 0 saturated carbocycles. The van der Waals surface area contributed by atoms with Gasteiger partial charge in [-0.05, 0) is 18.2 Å². The molecule has 0 saturated heterocycles. The fourth-order valence-electron chi connectivity index (χ4n) is 1.56. The number of hydrogen-bond acceptors (Lipinski definition) is 3. The molecule has 0 spiro atoms. The minimum Gasteiger partial charge on any atom is -0.452 e. The molecular formula is C12H6Cl4O3. The summed E-state index contributed by atoms with van der Waals surface area (Å²) in [5.74, 6) is -1.00. The SMILES string of the molecule is O=C1O[C@@H](CC(=O)c2ccc(Cl)c(Cl)c2)C(Cl)=C1Cl. The molecule has 1 aromatic carbocycles. The number of halogens is 4. The van der Waals surface area contributed by atoms with Gasteiger partial charge in [-0.3, -0.25) is 4.79 Å². The van der Waals surface area contributed by atoms with Gasteiger partial charge in [-0.25, -0.2) is 4.79 Å². The maximum Gasteiger partial charge on any atom is 0.351 e. The lowest BCUT2D eigenvalue weighted by Crippen LogP contribution is -2.15. The lowest BCUT2D eigenvalue weighted by atomic mass is 10.1. The number of ether oxygens (including phenoxy) is 1. The van der Waals surface area contributed by atoms with Crippen LogP contribution < -0.4 is 0 Å². The van der Waals surface area contributed by atoms with Crippen molar-refractivity contribution in [2.45, 2.75) is 12.5 Å². The van der Waals surface area contributed by atoms with E-state index in [0.29, 0.717) is 10.6 Å². The smallest absolute Gasteiger partial charge is 0.351 e. The van der Waals surface area contributed by atoms with E-state index >= 15 is 0 Å². The van der Waals surface area contributed by atoms with Crippen molar-refractivity contribution in [1.29, 1.82) is 0 Å². The second-order valence-corrected chi connectivity index (χ2v) is 5.41. The zero-order valence-corrected chi connectivity index (χ0v) is 12.3. The number of Topliss-reactive ketones (excluding diaryl/α,β-unsaturated/α-hetero) is 1. The minimum absolute atomic E-state index is 0.0417. The van der Waals surface area contributed by atoms with Crippen molar-refractivity contribution in [3.8, 4) is 0 Å². The second kappa shape index (κ2) is 5.71. The molecule has 0 amide bonds. The van der Waals surface area contributed by atoms with Crippen LogP contribution in [-0.4, -0.2) is 17.9 Å². The molecule has 1 aliphatic heterocycles. The summed E-state index contributed by atoms with van der Waals surface area (Å²) in [6, 6.07) is 4.50.